The third-order valence-electron chi connectivity index (χ3n) is 2.92. The highest BCUT2D eigenvalue weighted by Crippen LogP contribution is 2.30. The molecule has 0 aliphatic rings. The van der Waals surface area contributed by atoms with E-state index in [0.717, 1.165) is 12.3 Å². The molecular formula is C13H15ClF3N3O2. The van der Waals surface area contributed by atoms with Crippen molar-refractivity contribution in [1.82, 2.24) is 9.55 Å². The normalized spacial score (nSPS) is 11.3. The van der Waals surface area contributed by atoms with Gasteiger partial charge in [-0.25, -0.2) is 9.78 Å². The molecule has 2 aromatic heterocycles. The zero-order valence-electron chi connectivity index (χ0n) is 11.7. The van der Waals surface area contributed by atoms with Gasteiger partial charge in [-0.3, -0.25) is 0 Å². The van der Waals surface area contributed by atoms with Crippen LogP contribution in [0.15, 0.2) is 18.3 Å². The van der Waals surface area contributed by atoms with E-state index in [1.807, 2.05) is 0 Å². The number of fused-ring (bicyclic) bond motifs is 1. The van der Waals surface area contributed by atoms with E-state index in [1.165, 1.54) is 10.6 Å². The van der Waals surface area contributed by atoms with Gasteiger partial charge in [0.15, 0.2) is 0 Å². The first-order valence-electron chi connectivity index (χ1n) is 6.32. The molecule has 0 aromatic carbocycles. The summed E-state index contributed by atoms with van der Waals surface area (Å²) in [6.45, 7) is 2.34. The fourth-order valence-electron chi connectivity index (χ4n) is 2.06. The van der Waals surface area contributed by atoms with Gasteiger partial charge in [-0.1, -0.05) is 0 Å². The summed E-state index contributed by atoms with van der Waals surface area (Å²) in [5, 5.41) is 0.272. The van der Waals surface area contributed by atoms with E-state index in [0.29, 0.717) is 5.52 Å². The Bertz CT molecular complexity index is 670. The molecule has 5 nitrogen and oxygen atoms in total. The van der Waals surface area contributed by atoms with E-state index in [1.54, 1.807) is 6.92 Å². The number of nitrogens with two attached hydrogens (primary N) is 1. The smallest absolute Gasteiger partial charge is 0.433 e. The van der Waals surface area contributed by atoms with Crippen LogP contribution in [0.3, 0.4) is 0 Å². The van der Waals surface area contributed by atoms with Gasteiger partial charge in [0.25, 0.3) is 0 Å². The predicted octanol–water partition coefficient (Wildman–Crippen LogP) is 2.61. The van der Waals surface area contributed by atoms with Gasteiger partial charge in [0.2, 0.25) is 0 Å². The van der Waals surface area contributed by atoms with Gasteiger partial charge in [0.05, 0.1) is 18.3 Å². The number of carbonyl (C=O) groups is 1. The van der Waals surface area contributed by atoms with Crippen LogP contribution >= 0.6 is 12.4 Å². The Kier molecular flexibility index (Phi) is 5.78. The number of carbonyl (C=O) groups excluding carboxylic acids is 1. The lowest BCUT2D eigenvalue weighted by atomic mass is 10.2. The van der Waals surface area contributed by atoms with Crippen LogP contribution in [0.4, 0.5) is 13.2 Å². The number of nitrogens with zero attached hydrogens (tertiary/aromatic N) is 2. The molecule has 9 heteroatoms. The fraction of sp³-hybridized carbons (Fsp3) is 0.385. The first kappa shape index (κ1) is 18.2. The lowest BCUT2D eigenvalue weighted by Crippen LogP contribution is -2.16. The number of esters is 1. The number of hydrogen-bond donors (Lipinski definition) is 1. The summed E-state index contributed by atoms with van der Waals surface area (Å²) in [7, 11) is 0. The Labute approximate surface area is 130 Å². The van der Waals surface area contributed by atoms with E-state index < -0.39 is 17.8 Å². The third kappa shape index (κ3) is 3.50. The summed E-state index contributed by atoms with van der Waals surface area (Å²) in [5.74, 6) is -0.601. The van der Waals surface area contributed by atoms with Gasteiger partial charge in [-0.2, -0.15) is 13.2 Å². The maximum Gasteiger partial charge on any atom is 0.433 e. The number of rotatable bonds is 4. The molecule has 0 amide bonds. The first-order chi connectivity index (χ1) is 9.88. The second kappa shape index (κ2) is 6.97. The third-order valence-corrected chi connectivity index (χ3v) is 2.92. The molecule has 0 aliphatic carbocycles. The average Bonchev–Trinajstić information content (AvgIpc) is 2.77. The molecule has 0 radical (unpaired) electrons. The Morgan fingerprint density at radius 3 is 2.64 bits per heavy atom. The van der Waals surface area contributed by atoms with Crippen molar-refractivity contribution >= 4 is 29.3 Å². The van der Waals surface area contributed by atoms with Crippen molar-refractivity contribution in [2.45, 2.75) is 19.6 Å². The molecule has 22 heavy (non-hydrogen) atoms. The van der Waals surface area contributed by atoms with Crippen molar-refractivity contribution in [3.8, 4) is 0 Å². The topological polar surface area (TPSA) is 70.1 Å². The molecule has 0 aliphatic heterocycles. The molecule has 0 saturated carbocycles. The average molecular weight is 338 g/mol. The van der Waals surface area contributed by atoms with Gasteiger partial charge in [-0.15, -0.1) is 12.4 Å². The number of ether oxygens (including phenoxy) is 1. The van der Waals surface area contributed by atoms with E-state index in [2.05, 4.69) is 4.98 Å². The van der Waals surface area contributed by atoms with Crippen LogP contribution in [0.1, 0.15) is 23.1 Å². The van der Waals surface area contributed by atoms with Crippen molar-refractivity contribution in [2.24, 2.45) is 5.73 Å². The zero-order chi connectivity index (χ0) is 15.6. The van der Waals surface area contributed by atoms with Gasteiger partial charge in [0, 0.05) is 18.5 Å². The monoisotopic (exact) mass is 337 g/mol. The van der Waals surface area contributed by atoms with Crippen LogP contribution in [-0.4, -0.2) is 28.7 Å². The SMILES string of the molecule is CCOC(=O)c1cc2cc(C(F)(F)F)ncc2n1CCN.Cl. The molecule has 0 bridgehead atoms. The predicted molar refractivity (Wildman–Crippen MR) is 77.0 cm³/mol. The number of hydrogen-bond acceptors (Lipinski definition) is 4. The fourth-order valence-corrected chi connectivity index (χ4v) is 2.06. The summed E-state index contributed by atoms with van der Waals surface area (Å²) in [5.41, 5.74) is 5.05. The molecule has 0 atom stereocenters. The minimum atomic E-state index is -4.53. The first-order valence-corrected chi connectivity index (χ1v) is 6.32. The molecular weight excluding hydrogens is 323 g/mol. The second-order valence-electron chi connectivity index (χ2n) is 4.32. The minimum absolute atomic E-state index is 0. The summed E-state index contributed by atoms with van der Waals surface area (Å²) in [4.78, 5) is 15.3. The van der Waals surface area contributed by atoms with Crippen LogP contribution in [0, 0.1) is 0 Å². The zero-order valence-corrected chi connectivity index (χ0v) is 12.5. The molecule has 2 heterocycles. The summed E-state index contributed by atoms with van der Waals surface area (Å²) >= 11 is 0. The number of aromatic nitrogens is 2. The Morgan fingerprint density at radius 2 is 2.09 bits per heavy atom. The van der Waals surface area contributed by atoms with Crippen molar-refractivity contribution < 1.29 is 22.7 Å². The van der Waals surface area contributed by atoms with Crippen molar-refractivity contribution in [2.75, 3.05) is 13.2 Å². The molecule has 0 unspecified atom stereocenters. The summed E-state index contributed by atoms with van der Waals surface area (Å²) in [6.07, 6.45) is -3.44. The highest BCUT2D eigenvalue weighted by molar-refractivity contribution is 5.95. The van der Waals surface area contributed by atoms with Crippen LogP contribution in [0.5, 0.6) is 0 Å². The highest BCUT2D eigenvalue weighted by Gasteiger charge is 2.33. The molecule has 122 valence electrons. The molecule has 2 aromatic rings. The quantitative estimate of drug-likeness (QED) is 0.871. The number of pyridine rings is 1. The number of alkyl halides is 3. The largest absolute Gasteiger partial charge is 0.461 e. The second-order valence-corrected chi connectivity index (χ2v) is 4.32. The summed E-state index contributed by atoms with van der Waals surface area (Å²) < 4.78 is 44.4. The van der Waals surface area contributed by atoms with Gasteiger partial charge in [-0.05, 0) is 19.1 Å². The number of halogens is 4. The highest BCUT2D eigenvalue weighted by atomic mass is 35.5. The Morgan fingerprint density at radius 1 is 1.41 bits per heavy atom. The van der Waals surface area contributed by atoms with Gasteiger partial charge >= 0.3 is 12.1 Å². The summed E-state index contributed by atoms with van der Waals surface area (Å²) in [6, 6.07) is 2.27. The van der Waals surface area contributed by atoms with Crippen molar-refractivity contribution in [1.29, 1.82) is 0 Å². The van der Waals surface area contributed by atoms with Crippen LogP contribution in [-0.2, 0) is 17.5 Å². The van der Waals surface area contributed by atoms with E-state index in [-0.39, 0.29) is 43.2 Å². The lowest BCUT2D eigenvalue weighted by molar-refractivity contribution is -0.141. The molecule has 2 rings (SSSR count). The van der Waals surface area contributed by atoms with E-state index in [9.17, 15) is 18.0 Å². The molecule has 0 spiro atoms. The molecule has 0 saturated heterocycles. The maximum atomic E-state index is 12.7. The Hall–Kier alpha value is -1.80. The van der Waals surface area contributed by atoms with Crippen LogP contribution < -0.4 is 5.73 Å². The van der Waals surface area contributed by atoms with E-state index >= 15 is 0 Å². The van der Waals surface area contributed by atoms with E-state index in [4.69, 9.17) is 10.5 Å². The standard InChI is InChI=1S/C13H14F3N3O2.ClH/c1-2-21-12(20)9-5-8-6-11(13(14,15)16)18-7-10(8)19(9)4-3-17;/h5-7H,2-4,17H2,1H3;1H. The molecule has 0 fully saturated rings. The maximum absolute atomic E-state index is 12.7. The van der Waals surface area contributed by atoms with Gasteiger partial charge < -0.3 is 15.0 Å². The molecule has 2 N–H and O–H groups in total. The lowest BCUT2D eigenvalue weighted by Gasteiger charge is -2.09. The van der Waals surface area contributed by atoms with Crippen LogP contribution in [0.2, 0.25) is 0 Å². The van der Waals surface area contributed by atoms with Crippen molar-refractivity contribution in [3.05, 3.63) is 29.7 Å². The van der Waals surface area contributed by atoms with Crippen molar-refractivity contribution in [3.63, 3.8) is 0 Å². The van der Waals surface area contributed by atoms with Gasteiger partial charge in [0.1, 0.15) is 11.4 Å². The minimum Gasteiger partial charge on any atom is -0.461 e. The van der Waals surface area contributed by atoms with Crippen LogP contribution in [0.25, 0.3) is 10.9 Å². The Balaban J connectivity index is 0.00000242.